The van der Waals surface area contributed by atoms with Crippen LogP contribution in [0.5, 0.6) is 11.5 Å². The van der Waals surface area contributed by atoms with Gasteiger partial charge in [-0.05, 0) is 99.2 Å². The van der Waals surface area contributed by atoms with E-state index >= 15 is 0 Å². The molecule has 1 unspecified atom stereocenters. The van der Waals surface area contributed by atoms with Gasteiger partial charge in [0.2, 0.25) is 0 Å². The lowest BCUT2D eigenvalue weighted by molar-refractivity contribution is 0.151. The summed E-state index contributed by atoms with van der Waals surface area (Å²) in [5.74, 6) is 0.758. The van der Waals surface area contributed by atoms with Crippen LogP contribution in [0.25, 0.3) is 0 Å². The van der Waals surface area contributed by atoms with Gasteiger partial charge in [-0.1, -0.05) is 59.7 Å². The number of hydrogen-bond donors (Lipinski definition) is 0. The number of para-hydroxylation sites is 2. The van der Waals surface area contributed by atoms with Crippen molar-refractivity contribution in [3.63, 3.8) is 0 Å². The van der Waals surface area contributed by atoms with Crippen LogP contribution in [0, 0.1) is 41.5 Å². The normalized spacial score (nSPS) is 17.0. The van der Waals surface area contributed by atoms with Gasteiger partial charge in [0.25, 0.3) is 0 Å². The predicted molar refractivity (Wildman–Crippen MR) is 162 cm³/mol. The maximum atomic E-state index is 12.8. The Hall–Kier alpha value is -4.51. The van der Waals surface area contributed by atoms with E-state index in [-0.39, 0.29) is 12.1 Å². The number of carbonyl (C=O) groups is 1. The quantitative estimate of drug-likeness (QED) is 0.193. The lowest BCUT2D eigenvalue weighted by atomic mass is 9.84. The van der Waals surface area contributed by atoms with Gasteiger partial charge in [-0.2, -0.15) is 0 Å². The van der Waals surface area contributed by atoms with Crippen molar-refractivity contribution in [3.8, 4) is 11.5 Å². The average molecular weight is 531 g/mol. The van der Waals surface area contributed by atoms with E-state index in [9.17, 15) is 4.79 Å². The van der Waals surface area contributed by atoms with Gasteiger partial charge in [-0.15, -0.1) is 0 Å². The smallest absolute Gasteiger partial charge is 0.394 e. The second kappa shape index (κ2) is 11.3. The number of benzene rings is 4. The molecule has 1 aliphatic heterocycles. The van der Waals surface area contributed by atoms with E-state index in [2.05, 4.69) is 65.8 Å². The van der Waals surface area contributed by atoms with Gasteiger partial charge in [0.1, 0.15) is 23.6 Å². The molecule has 4 aromatic rings. The highest BCUT2D eigenvalue weighted by Crippen LogP contribution is 2.42. The third kappa shape index (κ3) is 5.59. The largest absolute Gasteiger partial charge is 0.519 e. The van der Waals surface area contributed by atoms with Crippen LogP contribution in [0.4, 0.5) is 4.79 Å². The van der Waals surface area contributed by atoms with E-state index < -0.39 is 6.16 Å². The minimum absolute atomic E-state index is 0.338. The van der Waals surface area contributed by atoms with Crippen LogP contribution in [-0.4, -0.2) is 18.6 Å². The van der Waals surface area contributed by atoms with E-state index in [0.29, 0.717) is 22.6 Å². The monoisotopic (exact) mass is 530 g/mol. The zero-order valence-electron chi connectivity index (χ0n) is 23.9. The molecule has 0 radical (unpaired) electrons. The molecule has 4 aromatic carbocycles. The van der Waals surface area contributed by atoms with Gasteiger partial charge in [0.05, 0.1) is 0 Å². The van der Waals surface area contributed by atoms with Crippen molar-refractivity contribution in [2.75, 3.05) is 0 Å². The molecule has 0 fully saturated rings. The summed E-state index contributed by atoms with van der Waals surface area (Å²) in [6, 6.07) is 22.8. The van der Waals surface area contributed by atoms with Crippen LogP contribution in [0.15, 0.2) is 82.8 Å². The number of hydrogen-bond acceptors (Lipinski definition) is 5. The van der Waals surface area contributed by atoms with E-state index in [1.54, 1.807) is 24.6 Å². The summed E-state index contributed by atoms with van der Waals surface area (Å²) < 4.78 is 11.3. The molecule has 40 heavy (non-hydrogen) atoms. The highest BCUT2D eigenvalue weighted by atomic mass is 16.7. The molecule has 5 heteroatoms. The maximum Gasteiger partial charge on any atom is 0.519 e. The molecule has 0 aliphatic carbocycles. The minimum atomic E-state index is -0.815. The molecule has 0 N–H and O–H groups in total. The Labute approximate surface area is 236 Å². The number of aryl methyl sites for hydroxylation is 6. The first-order chi connectivity index (χ1) is 19.2. The molecule has 0 amide bonds. The first-order valence-corrected chi connectivity index (χ1v) is 13.5. The van der Waals surface area contributed by atoms with Gasteiger partial charge in [0.15, 0.2) is 0 Å². The van der Waals surface area contributed by atoms with Crippen molar-refractivity contribution < 1.29 is 14.3 Å². The zero-order chi connectivity index (χ0) is 28.4. The highest BCUT2D eigenvalue weighted by Gasteiger charge is 2.29. The molecule has 0 spiro atoms. The summed E-state index contributed by atoms with van der Waals surface area (Å²) in [5, 5.41) is 0. The predicted octanol–water partition coefficient (Wildman–Crippen LogP) is 8.45. The molecule has 5 nitrogen and oxygen atoms in total. The number of fused-ring (bicyclic) bond motifs is 2. The molecular formula is C35H34N2O3. The molecule has 0 saturated carbocycles. The van der Waals surface area contributed by atoms with Gasteiger partial charge in [0, 0.05) is 23.6 Å². The molecule has 202 valence electrons. The lowest BCUT2D eigenvalue weighted by Crippen LogP contribution is -2.15. The fraction of sp³-hybridized carbons (Fsp3) is 0.229. The van der Waals surface area contributed by atoms with E-state index in [1.807, 2.05) is 36.4 Å². The fourth-order valence-electron chi connectivity index (χ4n) is 5.83. The third-order valence-electron chi connectivity index (χ3n) is 7.34. The van der Waals surface area contributed by atoms with Crippen LogP contribution >= 0.6 is 0 Å². The van der Waals surface area contributed by atoms with Crippen LogP contribution in [0.2, 0.25) is 0 Å². The Morgan fingerprint density at radius 1 is 0.550 bits per heavy atom. The molecule has 1 heterocycles. The number of ether oxygens (including phenoxy) is 2. The summed E-state index contributed by atoms with van der Waals surface area (Å²) >= 11 is 0. The summed E-state index contributed by atoms with van der Waals surface area (Å²) in [4.78, 5) is 23.2. The first kappa shape index (κ1) is 27.1. The molecule has 0 saturated heterocycles. The minimum Gasteiger partial charge on any atom is -0.394 e. The summed E-state index contributed by atoms with van der Waals surface area (Å²) in [6.07, 6.45) is 2.76. The lowest BCUT2D eigenvalue weighted by Gasteiger charge is -2.28. The van der Waals surface area contributed by atoms with Crippen LogP contribution in [0.1, 0.15) is 67.7 Å². The Morgan fingerprint density at radius 2 is 0.900 bits per heavy atom. The average Bonchev–Trinajstić information content (AvgIpc) is 2.89. The van der Waals surface area contributed by atoms with E-state index in [0.717, 1.165) is 33.4 Å². The van der Waals surface area contributed by atoms with Gasteiger partial charge in [-0.25, -0.2) is 4.79 Å². The van der Waals surface area contributed by atoms with Crippen molar-refractivity contribution in [3.05, 3.63) is 128 Å². The van der Waals surface area contributed by atoms with Crippen molar-refractivity contribution in [2.24, 2.45) is 9.98 Å². The number of aliphatic imine (C=N–C) groups is 2. The first-order valence-electron chi connectivity index (χ1n) is 13.5. The number of nitrogens with zero attached hydrogens (tertiary/aromatic N) is 2. The van der Waals surface area contributed by atoms with Crippen LogP contribution < -0.4 is 9.47 Å². The van der Waals surface area contributed by atoms with Crippen molar-refractivity contribution in [2.45, 2.75) is 53.6 Å². The molecule has 0 bridgehead atoms. The molecule has 2 atom stereocenters. The van der Waals surface area contributed by atoms with Gasteiger partial charge >= 0.3 is 6.16 Å². The Kier molecular flexibility index (Phi) is 7.65. The number of rotatable bonds is 2. The van der Waals surface area contributed by atoms with Crippen molar-refractivity contribution in [1.29, 1.82) is 0 Å². The fourth-order valence-corrected chi connectivity index (χ4v) is 5.83. The second-order valence-corrected chi connectivity index (χ2v) is 10.6. The SMILES string of the molecule is Cc1cc(C)c(C2N=Cc3ccccc3OC(=O)Oc3ccccc3C=N[C@@H]2c2c(C)cc(C)cc2C)c(C)c1. The summed E-state index contributed by atoms with van der Waals surface area (Å²) in [6.45, 7) is 12.8. The zero-order valence-corrected chi connectivity index (χ0v) is 23.9. The molecule has 0 aromatic heterocycles. The highest BCUT2D eigenvalue weighted by molar-refractivity contribution is 5.87. The topological polar surface area (TPSA) is 60.2 Å². The van der Waals surface area contributed by atoms with Crippen molar-refractivity contribution >= 4 is 18.6 Å². The summed E-state index contributed by atoms with van der Waals surface area (Å²) in [7, 11) is 0. The van der Waals surface area contributed by atoms with E-state index in [4.69, 9.17) is 19.5 Å². The number of carbonyl (C=O) groups excluding carboxylic acids is 1. The van der Waals surface area contributed by atoms with Crippen LogP contribution in [-0.2, 0) is 0 Å². The second-order valence-electron chi connectivity index (χ2n) is 10.6. The van der Waals surface area contributed by atoms with Gasteiger partial charge in [-0.3, -0.25) is 9.98 Å². The Bertz CT molecular complexity index is 1480. The molecule has 1 aliphatic rings. The standard InChI is InChI=1S/C35H34N2O3/c1-21-15-23(3)31(24(4)16-21)33-34(32-25(5)17-22(2)18-26(32)6)37-20-28-12-8-10-14-30(28)40-35(38)39-29-13-9-7-11-27(29)19-36-33/h7-20,33-34H,1-6H3/t33-,34?/m1/s1. The van der Waals surface area contributed by atoms with Gasteiger partial charge < -0.3 is 9.47 Å². The van der Waals surface area contributed by atoms with Crippen LogP contribution in [0.3, 0.4) is 0 Å². The van der Waals surface area contributed by atoms with E-state index in [1.165, 1.54) is 11.1 Å². The molecular weight excluding hydrogens is 496 g/mol. The maximum absolute atomic E-state index is 12.8. The third-order valence-corrected chi connectivity index (χ3v) is 7.34. The molecule has 5 rings (SSSR count). The van der Waals surface area contributed by atoms with Crippen molar-refractivity contribution in [1.82, 2.24) is 0 Å². The Balaban J connectivity index is 1.82. The summed E-state index contributed by atoms with van der Waals surface area (Å²) in [5.41, 5.74) is 10.7. The Morgan fingerprint density at radius 3 is 1.27 bits per heavy atom.